The van der Waals surface area contributed by atoms with Crippen LogP contribution < -0.4 is 15.5 Å². The van der Waals surface area contributed by atoms with Gasteiger partial charge in [-0.3, -0.25) is 4.79 Å². The molecular formula is C25H28Cl2N4O. The van der Waals surface area contributed by atoms with Crippen LogP contribution in [0.15, 0.2) is 48.5 Å². The number of hydrogen-bond donors (Lipinski definition) is 2. The summed E-state index contributed by atoms with van der Waals surface area (Å²) in [5, 5.41) is 8.68. The van der Waals surface area contributed by atoms with E-state index in [4.69, 9.17) is 28.2 Å². The van der Waals surface area contributed by atoms with Gasteiger partial charge in [0.25, 0.3) is 5.91 Å². The smallest absolute Gasteiger partial charge is 0.251 e. The average molecular weight is 471 g/mol. The minimum absolute atomic E-state index is 0.111. The number of nitrogens with zero attached hydrogens (tertiary/aromatic N) is 2. The molecule has 0 spiro atoms. The van der Waals surface area contributed by atoms with E-state index >= 15 is 0 Å². The number of halogens is 2. The molecule has 0 unspecified atom stereocenters. The Bertz CT molecular complexity index is 1110. The summed E-state index contributed by atoms with van der Waals surface area (Å²) in [5.41, 5.74) is 2.70. The second-order valence-corrected chi connectivity index (χ2v) is 9.45. The Morgan fingerprint density at radius 2 is 1.78 bits per heavy atom. The van der Waals surface area contributed by atoms with E-state index in [1.165, 1.54) is 0 Å². The third-order valence-corrected chi connectivity index (χ3v) is 6.85. The summed E-state index contributed by atoms with van der Waals surface area (Å²) in [6.45, 7) is 0.671. The maximum atomic E-state index is 12.4. The van der Waals surface area contributed by atoms with Crippen molar-refractivity contribution in [1.29, 1.82) is 0 Å². The molecule has 0 saturated heterocycles. The van der Waals surface area contributed by atoms with E-state index in [0.29, 0.717) is 34.1 Å². The van der Waals surface area contributed by atoms with Gasteiger partial charge < -0.3 is 15.5 Å². The van der Waals surface area contributed by atoms with E-state index in [1.807, 2.05) is 12.1 Å². The predicted octanol–water partition coefficient (Wildman–Crippen LogP) is 6.01. The van der Waals surface area contributed by atoms with Crippen LogP contribution in [-0.4, -0.2) is 37.6 Å². The van der Waals surface area contributed by atoms with Crippen LogP contribution >= 0.6 is 23.2 Å². The molecule has 0 bridgehead atoms. The number of amides is 1. The van der Waals surface area contributed by atoms with Gasteiger partial charge in [-0.1, -0.05) is 41.4 Å². The summed E-state index contributed by atoms with van der Waals surface area (Å²) in [4.78, 5) is 19.4. The van der Waals surface area contributed by atoms with E-state index in [9.17, 15) is 4.79 Å². The van der Waals surface area contributed by atoms with Gasteiger partial charge in [0.15, 0.2) is 0 Å². The van der Waals surface area contributed by atoms with Crippen LogP contribution in [0.4, 0.5) is 11.5 Å². The molecular weight excluding hydrogens is 443 g/mol. The molecule has 0 aliphatic heterocycles. The van der Waals surface area contributed by atoms with Crippen LogP contribution in [0, 0.1) is 5.92 Å². The molecule has 1 aromatic heterocycles. The van der Waals surface area contributed by atoms with Crippen LogP contribution in [-0.2, 0) is 0 Å². The largest absolute Gasteiger partial charge is 0.377 e. The normalized spacial score (nSPS) is 18.4. The molecule has 1 amide bonds. The van der Waals surface area contributed by atoms with Crippen LogP contribution in [0.5, 0.6) is 0 Å². The van der Waals surface area contributed by atoms with Crippen molar-refractivity contribution >= 4 is 51.5 Å². The molecule has 5 nitrogen and oxygen atoms in total. The zero-order chi connectivity index (χ0) is 22.7. The van der Waals surface area contributed by atoms with Crippen molar-refractivity contribution in [1.82, 2.24) is 10.3 Å². The van der Waals surface area contributed by atoms with Gasteiger partial charge in [-0.25, -0.2) is 4.98 Å². The van der Waals surface area contributed by atoms with Gasteiger partial charge in [-0.2, -0.15) is 0 Å². The number of aromatic nitrogens is 1. The summed E-state index contributed by atoms with van der Waals surface area (Å²) in [6.07, 6.45) is 4.24. The number of rotatable bonds is 6. The molecule has 0 radical (unpaired) electrons. The van der Waals surface area contributed by atoms with E-state index in [0.717, 1.165) is 48.1 Å². The summed E-state index contributed by atoms with van der Waals surface area (Å²) < 4.78 is 0. The van der Waals surface area contributed by atoms with Gasteiger partial charge in [-0.05, 0) is 55.9 Å². The highest BCUT2D eigenvalue weighted by Crippen LogP contribution is 2.30. The molecule has 1 aliphatic rings. The molecule has 1 heterocycles. The first kappa shape index (κ1) is 22.7. The number of carbonyl (C=O) groups is 1. The van der Waals surface area contributed by atoms with Gasteiger partial charge in [0.05, 0.1) is 15.6 Å². The first-order valence-electron chi connectivity index (χ1n) is 11.0. The number of pyridine rings is 1. The predicted molar refractivity (Wildman–Crippen MR) is 134 cm³/mol. The third-order valence-electron chi connectivity index (χ3n) is 6.11. The highest BCUT2D eigenvalue weighted by molar-refractivity contribution is 6.42. The zero-order valence-electron chi connectivity index (χ0n) is 18.4. The van der Waals surface area contributed by atoms with Crippen molar-refractivity contribution in [2.75, 3.05) is 30.9 Å². The number of nitrogens with one attached hydrogen (secondary N) is 2. The fraction of sp³-hybridized carbons (Fsp3) is 0.360. The monoisotopic (exact) mass is 470 g/mol. The van der Waals surface area contributed by atoms with Crippen molar-refractivity contribution in [2.45, 2.75) is 31.7 Å². The molecule has 3 aromatic rings. The lowest BCUT2D eigenvalue weighted by molar-refractivity contribution is 0.0943. The van der Waals surface area contributed by atoms with E-state index < -0.39 is 0 Å². The quantitative estimate of drug-likeness (QED) is 0.463. The first-order valence-corrected chi connectivity index (χ1v) is 11.7. The summed E-state index contributed by atoms with van der Waals surface area (Å²) >= 11 is 12.0. The minimum atomic E-state index is -0.111. The Kier molecular flexibility index (Phi) is 7.07. The van der Waals surface area contributed by atoms with E-state index in [1.54, 1.807) is 18.2 Å². The Morgan fingerprint density at radius 3 is 2.50 bits per heavy atom. The van der Waals surface area contributed by atoms with Crippen LogP contribution in [0.1, 0.15) is 36.0 Å². The lowest BCUT2D eigenvalue weighted by atomic mass is 9.86. The van der Waals surface area contributed by atoms with Gasteiger partial charge >= 0.3 is 0 Å². The molecule has 2 N–H and O–H groups in total. The highest BCUT2D eigenvalue weighted by atomic mass is 35.5. The molecule has 32 heavy (non-hydrogen) atoms. The Hall–Kier alpha value is -2.50. The molecule has 168 valence electrons. The average Bonchev–Trinajstić information content (AvgIpc) is 2.79. The zero-order valence-corrected chi connectivity index (χ0v) is 19.9. The summed E-state index contributed by atoms with van der Waals surface area (Å²) in [7, 11) is 4.12. The maximum absolute atomic E-state index is 12.4. The minimum Gasteiger partial charge on any atom is -0.377 e. The summed E-state index contributed by atoms with van der Waals surface area (Å²) in [6, 6.07) is 15.7. The molecule has 0 atom stereocenters. The maximum Gasteiger partial charge on any atom is 0.251 e. The van der Waals surface area contributed by atoms with Gasteiger partial charge in [0.2, 0.25) is 0 Å². The van der Waals surface area contributed by atoms with Crippen LogP contribution in [0.2, 0.25) is 10.0 Å². The number of benzene rings is 2. The first-order chi connectivity index (χ1) is 15.4. The number of carbonyl (C=O) groups excluding carboxylic acids is 1. The molecule has 1 fully saturated rings. The lowest BCUT2D eigenvalue weighted by Crippen LogP contribution is -2.34. The van der Waals surface area contributed by atoms with E-state index in [-0.39, 0.29) is 5.91 Å². The number of para-hydroxylation sites is 1. The third kappa shape index (κ3) is 5.28. The standard InChI is InChI=1S/C25H28Cl2N4O/c1-31(2)23-14-24(30-22-6-4-3-5-19(22)23)29-18-10-7-16(8-11-18)15-28-25(32)17-9-12-20(26)21(27)13-17/h3-6,9,12-14,16,18H,7-8,10-11,15H2,1-2H3,(H,28,32)(H,29,30)/t16-,18+. The summed E-state index contributed by atoms with van der Waals surface area (Å²) in [5.74, 6) is 1.28. The number of anilines is 2. The van der Waals surface area contributed by atoms with Crippen molar-refractivity contribution in [2.24, 2.45) is 5.92 Å². The van der Waals surface area contributed by atoms with Crippen molar-refractivity contribution < 1.29 is 4.79 Å². The number of fused-ring (bicyclic) bond motifs is 1. The Morgan fingerprint density at radius 1 is 1.03 bits per heavy atom. The SMILES string of the molecule is CN(C)c1cc(N[C@H]2CC[C@@H](CNC(=O)c3ccc(Cl)c(Cl)c3)CC2)nc2ccccc12. The molecule has 2 aromatic carbocycles. The fourth-order valence-electron chi connectivity index (χ4n) is 4.30. The van der Waals surface area contributed by atoms with Crippen LogP contribution in [0.25, 0.3) is 10.9 Å². The second-order valence-electron chi connectivity index (χ2n) is 8.64. The van der Waals surface area contributed by atoms with Crippen molar-refractivity contribution in [3.8, 4) is 0 Å². The Balaban J connectivity index is 1.31. The van der Waals surface area contributed by atoms with Crippen molar-refractivity contribution in [3.63, 3.8) is 0 Å². The molecule has 1 aliphatic carbocycles. The van der Waals surface area contributed by atoms with Gasteiger partial charge in [0.1, 0.15) is 5.82 Å². The van der Waals surface area contributed by atoms with Crippen LogP contribution in [0.3, 0.4) is 0 Å². The van der Waals surface area contributed by atoms with Gasteiger partial charge in [0, 0.05) is 49.4 Å². The number of hydrogen-bond acceptors (Lipinski definition) is 4. The molecule has 4 rings (SSSR count). The lowest BCUT2D eigenvalue weighted by Gasteiger charge is -2.30. The van der Waals surface area contributed by atoms with E-state index in [2.05, 4.69) is 47.8 Å². The molecule has 1 saturated carbocycles. The topological polar surface area (TPSA) is 57.3 Å². The van der Waals surface area contributed by atoms with Crippen molar-refractivity contribution in [3.05, 3.63) is 64.1 Å². The van der Waals surface area contributed by atoms with Gasteiger partial charge in [-0.15, -0.1) is 0 Å². The highest BCUT2D eigenvalue weighted by Gasteiger charge is 2.22. The fourth-order valence-corrected chi connectivity index (χ4v) is 4.60. The Labute approximate surface area is 199 Å². The second kappa shape index (κ2) is 9.97. The molecule has 7 heteroatoms.